The van der Waals surface area contributed by atoms with Crippen LogP contribution in [0.15, 0.2) is 18.2 Å². The molecule has 0 saturated carbocycles. The van der Waals surface area contributed by atoms with Gasteiger partial charge in [0, 0.05) is 24.3 Å². The van der Waals surface area contributed by atoms with Gasteiger partial charge < -0.3 is 10.0 Å². The molecule has 1 atom stereocenters. The second-order valence-electron chi connectivity index (χ2n) is 4.06. The number of aldehydes is 1. The number of hydrogen-bond acceptors (Lipinski definition) is 3. The second-order valence-corrected chi connectivity index (χ2v) is 4.06. The number of benzene rings is 1. The van der Waals surface area contributed by atoms with Crippen molar-refractivity contribution in [2.75, 3.05) is 18.0 Å². The van der Waals surface area contributed by atoms with Gasteiger partial charge in [-0.15, -0.1) is 0 Å². The molecular weight excluding hydrogens is 209 g/mol. The fourth-order valence-electron chi connectivity index (χ4n) is 2.08. The summed E-state index contributed by atoms with van der Waals surface area (Å²) < 4.78 is 13.0. The summed E-state index contributed by atoms with van der Waals surface area (Å²) in [7, 11) is 0. The van der Waals surface area contributed by atoms with E-state index in [1.165, 1.54) is 12.1 Å². The summed E-state index contributed by atoms with van der Waals surface area (Å²) in [5.41, 5.74) is 1.05. The maximum atomic E-state index is 13.0. The van der Waals surface area contributed by atoms with Crippen LogP contribution in [0.2, 0.25) is 0 Å². The highest BCUT2D eigenvalue weighted by molar-refractivity contribution is 5.84. The Hall–Kier alpha value is -1.42. The zero-order chi connectivity index (χ0) is 11.5. The Kier molecular flexibility index (Phi) is 3.19. The van der Waals surface area contributed by atoms with Crippen LogP contribution in [0.4, 0.5) is 10.1 Å². The number of piperidine rings is 1. The molecule has 1 aliphatic rings. The van der Waals surface area contributed by atoms with E-state index in [0.717, 1.165) is 19.4 Å². The molecule has 1 saturated heterocycles. The Morgan fingerprint density at radius 2 is 2.31 bits per heavy atom. The van der Waals surface area contributed by atoms with E-state index in [-0.39, 0.29) is 6.10 Å². The summed E-state index contributed by atoms with van der Waals surface area (Å²) in [6.07, 6.45) is 1.96. The van der Waals surface area contributed by atoms with Gasteiger partial charge in [-0.1, -0.05) is 0 Å². The molecule has 1 fully saturated rings. The van der Waals surface area contributed by atoms with Gasteiger partial charge in [0.15, 0.2) is 6.29 Å². The van der Waals surface area contributed by atoms with Crippen LogP contribution in [0.1, 0.15) is 23.2 Å². The maximum absolute atomic E-state index is 13.0. The van der Waals surface area contributed by atoms with Gasteiger partial charge in [0.05, 0.1) is 6.10 Å². The number of anilines is 1. The summed E-state index contributed by atoms with van der Waals surface area (Å²) in [6.45, 7) is 1.30. The molecule has 1 unspecified atom stereocenters. The Balaban J connectivity index is 2.28. The van der Waals surface area contributed by atoms with Gasteiger partial charge in [-0.2, -0.15) is 0 Å². The van der Waals surface area contributed by atoms with Crippen LogP contribution in [0.3, 0.4) is 0 Å². The van der Waals surface area contributed by atoms with Gasteiger partial charge in [0.2, 0.25) is 0 Å². The van der Waals surface area contributed by atoms with E-state index in [4.69, 9.17) is 0 Å². The van der Waals surface area contributed by atoms with E-state index in [2.05, 4.69) is 0 Å². The molecule has 4 heteroatoms. The van der Waals surface area contributed by atoms with Crippen molar-refractivity contribution in [3.63, 3.8) is 0 Å². The smallest absolute Gasteiger partial charge is 0.152 e. The summed E-state index contributed by atoms with van der Waals surface area (Å²) in [5, 5.41) is 9.56. The van der Waals surface area contributed by atoms with Crippen LogP contribution in [-0.4, -0.2) is 30.6 Å². The van der Waals surface area contributed by atoms with Gasteiger partial charge in [0.1, 0.15) is 5.82 Å². The number of carbonyl (C=O) groups is 1. The lowest BCUT2D eigenvalue weighted by atomic mass is 10.1. The van der Waals surface area contributed by atoms with Crippen molar-refractivity contribution < 1.29 is 14.3 Å². The van der Waals surface area contributed by atoms with E-state index in [0.29, 0.717) is 24.1 Å². The van der Waals surface area contributed by atoms with E-state index in [1.807, 2.05) is 4.90 Å². The lowest BCUT2D eigenvalue weighted by Gasteiger charge is -2.32. The molecule has 2 rings (SSSR count). The molecule has 0 spiro atoms. The average molecular weight is 223 g/mol. The molecule has 3 nitrogen and oxygen atoms in total. The van der Waals surface area contributed by atoms with Gasteiger partial charge in [-0.05, 0) is 31.0 Å². The highest BCUT2D eigenvalue weighted by Gasteiger charge is 2.19. The van der Waals surface area contributed by atoms with E-state index < -0.39 is 5.82 Å². The Bertz CT molecular complexity index is 395. The Labute approximate surface area is 93.5 Å². The predicted molar refractivity (Wildman–Crippen MR) is 59.2 cm³/mol. The van der Waals surface area contributed by atoms with Gasteiger partial charge in [-0.3, -0.25) is 4.79 Å². The zero-order valence-corrected chi connectivity index (χ0v) is 8.90. The lowest BCUT2D eigenvalue weighted by molar-refractivity contribution is 0.112. The van der Waals surface area contributed by atoms with Gasteiger partial charge >= 0.3 is 0 Å². The summed E-state index contributed by atoms with van der Waals surface area (Å²) in [6, 6.07) is 4.16. The van der Waals surface area contributed by atoms with Crippen molar-refractivity contribution in [3.05, 3.63) is 29.6 Å². The summed E-state index contributed by atoms with van der Waals surface area (Å²) in [4.78, 5) is 12.8. The van der Waals surface area contributed by atoms with E-state index in [9.17, 15) is 14.3 Å². The Morgan fingerprint density at radius 1 is 1.50 bits per heavy atom. The first-order valence-corrected chi connectivity index (χ1v) is 5.38. The van der Waals surface area contributed by atoms with Crippen molar-refractivity contribution >= 4 is 12.0 Å². The molecule has 0 aliphatic carbocycles. The van der Waals surface area contributed by atoms with Crippen LogP contribution in [0.5, 0.6) is 0 Å². The fraction of sp³-hybridized carbons (Fsp3) is 0.417. The van der Waals surface area contributed by atoms with Crippen LogP contribution < -0.4 is 4.90 Å². The van der Waals surface area contributed by atoms with Crippen molar-refractivity contribution in [1.82, 2.24) is 0 Å². The average Bonchev–Trinajstić information content (AvgIpc) is 2.28. The largest absolute Gasteiger partial charge is 0.391 e. The monoisotopic (exact) mass is 223 g/mol. The molecular formula is C12H14FNO2. The third-order valence-electron chi connectivity index (χ3n) is 2.85. The minimum absolute atomic E-state index is 0.342. The second kappa shape index (κ2) is 4.61. The molecule has 0 amide bonds. The van der Waals surface area contributed by atoms with Crippen molar-refractivity contribution in [1.29, 1.82) is 0 Å². The lowest BCUT2D eigenvalue weighted by Crippen LogP contribution is -2.38. The van der Waals surface area contributed by atoms with Crippen LogP contribution in [-0.2, 0) is 0 Å². The molecule has 1 aliphatic heterocycles. The SMILES string of the molecule is O=Cc1cc(F)ccc1N1CCCC(O)C1. The normalized spacial score (nSPS) is 20.9. The first-order valence-electron chi connectivity index (χ1n) is 5.38. The highest BCUT2D eigenvalue weighted by Crippen LogP contribution is 2.23. The number of β-amino-alcohol motifs (C(OH)–C–C–N with tert-alkyl or cyclic N) is 1. The predicted octanol–water partition coefficient (Wildman–Crippen LogP) is 1.60. The molecule has 86 valence electrons. The number of rotatable bonds is 2. The van der Waals surface area contributed by atoms with E-state index in [1.54, 1.807) is 6.07 Å². The minimum atomic E-state index is -0.414. The molecule has 1 N–H and O–H groups in total. The van der Waals surface area contributed by atoms with Crippen LogP contribution in [0.25, 0.3) is 0 Å². The maximum Gasteiger partial charge on any atom is 0.152 e. The minimum Gasteiger partial charge on any atom is -0.391 e. The first-order chi connectivity index (χ1) is 7.70. The molecule has 0 bridgehead atoms. The quantitative estimate of drug-likeness (QED) is 0.774. The standard InChI is InChI=1S/C12H14FNO2/c13-10-3-4-12(9(6-10)8-15)14-5-1-2-11(16)7-14/h3-4,6,8,11,16H,1-2,5,7H2. The van der Waals surface area contributed by atoms with Crippen molar-refractivity contribution in [3.8, 4) is 0 Å². The number of carbonyl (C=O) groups excluding carboxylic acids is 1. The van der Waals surface area contributed by atoms with Crippen molar-refractivity contribution in [2.24, 2.45) is 0 Å². The number of hydrogen-bond donors (Lipinski definition) is 1. The molecule has 1 heterocycles. The molecule has 1 aromatic carbocycles. The number of aliphatic hydroxyl groups is 1. The number of aliphatic hydroxyl groups excluding tert-OH is 1. The topological polar surface area (TPSA) is 40.5 Å². The zero-order valence-electron chi connectivity index (χ0n) is 8.90. The van der Waals surface area contributed by atoms with Gasteiger partial charge in [-0.25, -0.2) is 4.39 Å². The van der Waals surface area contributed by atoms with Crippen LogP contribution in [0, 0.1) is 5.82 Å². The number of nitrogens with zero attached hydrogens (tertiary/aromatic N) is 1. The van der Waals surface area contributed by atoms with Crippen molar-refractivity contribution in [2.45, 2.75) is 18.9 Å². The van der Waals surface area contributed by atoms with Crippen LogP contribution >= 0.6 is 0 Å². The van der Waals surface area contributed by atoms with Gasteiger partial charge in [0.25, 0.3) is 0 Å². The third-order valence-corrected chi connectivity index (χ3v) is 2.85. The summed E-state index contributed by atoms with van der Waals surface area (Å²) in [5.74, 6) is -0.414. The molecule has 16 heavy (non-hydrogen) atoms. The summed E-state index contributed by atoms with van der Waals surface area (Å²) >= 11 is 0. The first kappa shape index (κ1) is 11.1. The van der Waals surface area contributed by atoms with E-state index >= 15 is 0 Å². The molecule has 0 aromatic heterocycles. The fourth-order valence-corrected chi connectivity index (χ4v) is 2.08. The number of halogens is 1. The molecule has 1 aromatic rings. The highest BCUT2D eigenvalue weighted by atomic mass is 19.1. The molecule has 0 radical (unpaired) electrons. The third kappa shape index (κ3) is 2.22. The Morgan fingerprint density at radius 3 is 3.00 bits per heavy atom.